The molecule has 4 heterocycles. The first-order valence-corrected chi connectivity index (χ1v) is 10.1. The number of hydrogen-bond donors (Lipinski definition) is 1. The molecule has 0 radical (unpaired) electrons. The van der Waals surface area contributed by atoms with Crippen molar-refractivity contribution in [3.05, 3.63) is 42.2 Å². The Morgan fingerprint density at radius 2 is 1.76 bits per heavy atom. The molecule has 0 spiro atoms. The minimum atomic E-state index is -0.155. The molecule has 0 bridgehead atoms. The van der Waals surface area contributed by atoms with Crippen LogP contribution in [0.15, 0.2) is 36.5 Å². The van der Waals surface area contributed by atoms with Crippen molar-refractivity contribution in [1.82, 2.24) is 20.2 Å². The lowest BCUT2D eigenvalue weighted by Gasteiger charge is -2.27. The fourth-order valence-electron chi connectivity index (χ4n) is 3.48. The van der Waals surface area contributed by atoms with Crippen LogP contribution in [0.2, 0.25) is 0 Å². The molecule has 29 heavy (non-hydrogen) atoms. The van der Waals surface area contributed by atoms with Crippen molar-refractivity contribution in [3.63, 3.8) is 0 Å². The summed E-state index contributed by atoms with van der Waals surface area (Å²) in [6.45, 7) is 7.93. The number of nitrogens with zero attached hydrogens (tertiary/aromatic N) is 4. The van der Waals surface area contributed by atoms with E-state index in [-0.39, 0.29) is 5.91 Å². The number of morpholine rings is 2. The summed E-state index contributed by atoms with van der Waals surface area (Å²) in [5.41, 5.74) is 2.05. The fourth-order valence-corrected chi connectivity index (χ4v) is 3.48. The summed E-state index contributed by atoms with van der Waals surface area (Å²) in [6.07, 6.45) is 1.81. The molecule has 0 aromatic carbocycles. The van der Waals surface area contributed by atoms with E-state index >= 15 is 0 Å². The average Bonchev–Trinajstić information content (AvgIpc) is 2.80. The van der Waals surface area contributed by atoms with E-state index in [1.807, 2.05) is 30.5 Å². The van der Waals surface area contributed by atoms with E-state index in [1.54, 1.807) is 6.07 Å². The molecule has 4 rings (SSSR count). The maximum Gasteiger partial charge on any atom is 0.269 e. The van der Waals surface area contributed by atoms with Crippen molar-refractivity contribution >= 4 is 11.7 Å². The topological polar surface area (TPSA) is 79.8 Å². The van der Waals surface area contributed by atoms with Crippen molar-refractivity contribution < 1.29 is 14.3 Å². The first-order valence-electron chi connectivity index (χ1n) is 10.1. The van der Waals surface area contributed by atoms with Gasteiger partial charge in [-0.1, -0.05) is 6.07 Å². The molecule has 0 saturated carbocycles. The van der Waals surface area contributed by atoms with Gasteiger partial charge >= 0.3 is 0 Å². The molecule has 2 aromatic heterocycles. The molecular formula is C21H27N5O3. The Hall–Kier alpha value is -2.55. The van der Waals surface area contributed by atoms with E-state index in [0.29, 0.717) is 12.2 Å². The van der Waals surface area contributed by atoms with Crippen molar-refractivity contribution in [2.75, 3.05) is 70.6 Å². The predicted octanol–water partition coefficient (Wildman–Crippen LogP) is 1.04. The quantitative estimate of drug-likeness (QED) is 0.780. The van der Waals surface area contributed by atoms with Gasteiger partial charge in [0.2, 0.25) is 0 Å². The van der Waals surface area contributed by atoms with Crippen molar-refractivity contribution in [2.45, 2.75) is 0 Å². The Bertz CT molecular complexity index is 802. The van der Waals surface area contributed by atoms with Gasteiger partial charge in [0.25, 0.3) is 5.91 Å². The Morgan fingerprint density at radius 3 is 2.48 bits per heavy atom. The lowest BCUT2D eigenvalue weighted by Crippen LogP contribution is -2.41. The summed E-state index contributed by atoms with van der Waals surface area (Å²) in [5.74, 6) is 0.784. The first kappa shape index (κ1) is 19.8. The molecule has 0 atom stereocenters. The van der Waals surface area contributed by atoms with Gasteiger partial charge in [0.05, 0.1) is 32.1 Å². The van der Waals surface area contributed by atoms with Crippen LogP contribution < -0.4 is 10.2 Å². The number of aromatic nitrogens is 2. The summed E-state index contributed by atoms with van der Waals surface area (Å²) < 4.78 is 10.7. The third-order valence-corrected chi connectivity index (χ3v) is 5.18. The van der Waals surface area contributed by atoms with Gasteiger partial charge in [-0.25, -0.2) is 9.97 Å². The highest BCUT2D eigenvalue weighted by Gasteiger charge is 2.14. The number of carbonyl (C=O) groups is 1. The number of nitrogens with one attached hydrogen (secondary N) is 1. The molecule has 2 fully saturated rings. The number of rotatable bonds is 6. The second-order valence-electron chi connectivity index (χ2n) is 7.12. The van der Waals surface area contributed by atoms with Gasteiger partial charge in [0, 0.05) is 51.0 Å². The van der Waals surface area contributed by atoms with Crippen LogP contribution in [0.4, 0.5) is 5.82 Å². The smallest absolute Gasteiger partial charge is 0.269 e. The second kappa shape index (κ2) is 9.78. The van der Waals surface area contributed by atoms with Gasteiger partial charge in [-0.15, -0.1) is 0 Å². The van der Waals surface area contributed by atoms with Crippen molar-refractivity contribution in [2.24, 2.45) is 0 Å². The highest BCUT2D eigenvalue weighted by molar-refractivity contribution is 5.92. The minimum Gasteiger partial charge on any atom is -0.379 e. The summed E-state index contributed by atoms with van der Waals surface area (Å²) in [7, 11) is 0. The van der Waals surface area contributed by atoms with Gasteiger partial charge in [-0.05, 0) is 24.3 Å². The lowest BCUT2D eigenvalue weighted by atomic mass is 10.1. The summed E-state index contributed by atoms with van der Waals surface area (Å²) in [5, 5.41) is 2.96. The van der Waals surface area contributed by atoms with Crippen LogP contribution in [-0.4, -0.2) is 86.5 Å². The Kier molecular flexibility index (Phi) is 6.66. The van der Waals surface area contributed by atoms with Crippen LogP contribution in [0.25, 0.3) is 11.3 Å². The molecule has 0 unspecified atom stereocenters. The zero-order chi connectivity index (χ0) is 19.9. The third kappa shape index (κ3) is 5.29. The zero-order valence-electron chi connectivity index (χ0n) is 16.5. The monoisotopic (exact) mass is 397 g/mol. The fraction of sp³-hybridized carbons (Fsp3) is 0.476. The summed E-state index contributed by atoms with van der Waals surface area (Å²) in [6, 6.07) is 9.49. The molecular weight excluding hydrogens is 370 g/mol. The highest BCUT2D eigenvalue weighted by Crippen LogP contribution is 2.20. The van der Waals surface area contributed by atoms with Gasteiger partial charge in [0.1, 0.15) is 11.5 Å². The lowest BCUT2D eigenvalue weighted by molar-refractivity contribution is 0.0383. The average molecular weight is 397 g/mol. The number of hydrogen-bond acceptors (Lipinski definition) is 7. The molecule has 1 N–H and O–H groups in total. The second-order valence-corrected chi connectivity index (χ2v) is 7.12. The van der Waals surface area contributed by atoms with E-state index in [9.17, 15) is 4.79 Å². The largest absolute Gasteiger partial charge is 0.379 e. The zero-order valence-corrected chi connectivity index (χ0v) is 16.5. The molecule has 0 aliphatic carbocycles. The summed E-state index contributed by atoms with van der Waals surface area (Å²) >= 11 is 0. The van der Waals surface area contributed by atoms with Gasteiger partial charge in [-0.3, -0.25) is 9.69 Å². The van der Waals surface area contributed by atoms with E-state index in [4.69, 9.17) is 9.47 Å². The Morgan fingerprint density at radius 1 is 1.00 bits per heavy atom. The third-order valence-electron chi connectivity index (χ3n) is 5.18. The Balaban J connectivity index is 1.35. The van der Waals surface area contributed by atoms with E-state index in [2.05, 4.69) is 25.1 Å². The molecule has 8 heteroatoms. The van der Waals surface area contributed by atoms with Crippen LogP contribution >= 0.6 is 0 Å². The molecule has 154 valence electrons. The number of amides is 1. The number of carbonyl (C=O) groups excluding carboxylic acids is 1. The number of ether oxygens (including phenoxy) is 2. The molecule has 2 aliphatic rings. The van der Waals surface area contributed by atoms with E-state index in [0.717, 1.165) is 76.2 Å². The van der Waals surface area contributed by atoms with Crippen LogP contribution in [0.1, 0.15) is 10.5 Å². The molecule has 2 saturated heterocycles. The van der Waals surface area contributed by atoms with Crippen LogP contribution in [-0.2, 0) is 9.47 Å². The van der Waals surface area contributed by atoms with E-state index in [1.165, 1.54) is 0 Å². The Labute approximate surface area is 170 Å². The van der Waals surface area contributed by atoms with Crippen LogP contribution in [0.3, 0.4) is 0 Å². The predicted molar refractivity (Wildman–Crippen MR) is 110 cm³/mol. The van der Waals surface area contributed by atoms with Crippen molar-refractivity contribution in [3.8, 4) is 11.3 Å². The normalized spacial score (nSPS) is 17.9. The van der Waals surface area contributed by atoms with Crippen LogP contribution in [0.5, 0.6) is 0 Å². The van der Waals surface area contributed by atoms with Gasteiger partial charge in [-0.2, -0.15) is 0 Å². The SMILES string of the molecule is O=C(NCCN1CCOCC1)c1cccc(-c2ccc(N3CCOCC3)nc2)n1. The summed E-state index contributed by atoms with van der Waals surface area (Å²) in [4.78, 5) is 26.1. The van der Waals surface area contributed by atoms with Crippen LogP contribution in [0, 0.1) is 0 Å². The van der Waals surface area contributed by atoms with Gasteiger partial charge < -0.3 is 19.7 Å². The standard InChI is InChI=1S/C21H27N5O3/c27-21(22-6-7-25-8-12-28-13-9-25)19-3-1-2-18(24-19)17-4-5-20(23-16-17)26-10-14-29-15-11-26/h1-5,16H,6-15H2,(H,22,27). The molecule has 2 aliphatic heterocycles. The number of pyridine rings is 2. The van der Waals surface area contributed by atoms with E-state index < -0.39 is 0 Å². The van der Waals surface area contributed by atoms with Gasteiger partial charge in [0.15, 0.2) is 0 Å². The minimum absolute atomic E-state index is 0.155. The maximum absolute atomic E-state index is 12.5. The first-order chi connectivity index (χ1) is 14.3. The highest BCUT2D eigenvalue weighted by atomic mass is 16.5. The number of anilines is 1. The maximum atomic E-state index is 12.5. The molecule has 1 amide bonds. The molecule has 8 nitrogen and oxygen atoms in total. The van der Waals surface area contributed by atoms with Crippen molar-refractivity contribution in [1.29, 1.82) is 0 Å². The molecule has 2 aromatic rings.